The number of rotatable bonds is 5. The number of likely N-dealkylation sites (tertiary alicyclic amines) is 1. The normalized spacial score (nSPS) is 17.7. The molecule has 0 saturated carbocycles. The zero-order valence-electron chi connectivity index (χ0n) is 12.8. The van der Waals surface area contributed by atoms with Crippen LogP contribution in [0.15, 0.2) is 6.07 Å². The van der Waals surface area contributed by atoms with Crippen LogP contribution in [-0.2, 0) is 4.79 Å². The molecule has 0 bridgehead atoms. The summed E-state index contributed by atoms with van der Waals surface area (Å²) in [5, 5.41) is 6.80. The van der Waals surface area contributed by atoms with Crippen LogP contribution in [0.25, 0.3) is 0 Å². The van der Waals surface area contributed by atoms with Gasteiger partial charge in [-0.3, -0.25) is 14.7 Å². The van der Waals surface area contributed by atoms with E-state index in [1.807, 2.05) is 4.90 Å². The van der Waals surface area contributed by atoms with Crippen LogP contribution in [0.3, 0.4) is 0 Å². The van der Waals surface area contributed by atoms with E-state index in [0.717, 1.165) is 38.0 Å². The molecule has 6 heteroatoms. The Labute approximate surface area is 125 Å². The molecular formula is C15H24N4O2. The van der Waals surface area contributed by atoms with Crippen molar-refractivity contribution in [1.29, 1.82) is 0 Å². The molecule has 116 valence electrons. The summed E-state index contributed by atoms with van der Waals surface area (Å²) in [4.78, 5) is 25.2. The zero-order valence-corrected chi connectivity index (χ0v) is 12.8. The van der Waals surface area contributed by atoms with Gasteiger partial charge in [-0.2, -0.15) is 5.10 Å². The van der Waals surface area contributed by atoms with Gasteiger partial charge in [-0.1, -0.05) is 20.3 Å². The van der Waals surface area contributed by atoms with E-state index < -0.39 is 5.91 Å². The van der Waals surface area contributed by atoms with Gasteiger partial charge < -0.3 is 10.6 Å². The van der Waals surface area contributed by atoms with Gasteiger partial charge >= 0.3 is 0 Å². The van der Waals surface area contributed by atoms with Crippen LogP contribution in [0.4, 0.5) is 0 Å². The number of aromatic nitrogens is 2. The van der Waals surface area contributed by atoms with Gasteiger partial charge in [-0.25, -0.2) is 0 Å². The number of carbonyl (C=O) groups excluding carboxylic acids is 2. The average Bonchev–Trinajstić information content (AvgIpc) is 2.97. The molecule has 1 unspecified atom stereocenters. The maximum Gasteiger partial charge on any atom is 0.269 e. The number of carbonyl (C=O) groups is 2. The van der Waals surface area contributed by atoms with E-state index in [-0.39, 0.29) is 11.6 Å². The van der Waals surface area contributed by atoms with E-state index in [1.165, 1.54) is 0 Å². The molecule has 1 atom stereocenters. The van der Waals surface area contributed by atoms with Crippen molar-refractivity contribution in [3.05, 3.63) is 17.5 Å². The lowest BCUT2D eigenvalue weighted by Crippen LogP contribution is -2.38. The van der Waals surface area contributed by atoms with Crippen LogP contribution in [-0.4, -0.2) is 40.0 Å². The Morgan fingerprint density at radius 1 is 1.48 bits per heavy atom. The third kappa shape index (κ3) is 3.83. The highest BCUT2D eigenvalue weighted by atomic mass is 16.2. The Morgan fingerprint density at radius 2 is 2.14 bits per heavy atom. The number of nitrogens with two attached hydrogens (primary N) is 1. The van der Waals surface area contributed by atoms with Gasteiger partial charge in [-0.05, 0) is 24.8 Å². The molecule has 0 spiro atoms. The van der Waals surface area contributed by atoms with Crippen molar-refractivity contribution in [1.82, 2.24) is 15.1 Å². The van der Waals surface area contributed by atoms with Crippen LogP contribution >= 0.6 is 0 Å². The summed E-state index contributed by atoms with van der Waals surface area (Å²) in [5.41, 5.74) is 6.42. The minimum atomic E-state index is -0.515. The van der Waals surface area contributed by atoms with E-state index >= 15 is 0 Å². The second-order valence-electron chi connectivity index (χ2n) is 5.95. The van der Waals surface area contributed by atoms with E-state index in [1.54, 1.807) is 6.07 Å². The molecule has 2 rings (SSSR count). The number of hydrogen-bond donors (Lipinski definition) is 2. The van der Waals surface area contributed by atoms with Crippen molar-refractivity contribution in [2.75, 3.05) is 13.1 Å². The molecule has 1 aromatic rings. The van der Waals surface area contributed by atoms with Crippen LogP contribution in [0, 0.1) is 5.92 Å². The first-order valence-corrected chi connectivity index (χ1v) is 7.64. The topological polar surface area (TPSA) is 92.1 Å². The highest BCUT2D eigenvalue weighted by Gasteiger charge is 2.25. The van der Waals surface area contributed by atoms with Crippen molar-refractivity contribution in [3.8, 4) is 0 Å². The van der Waals surface area contributed by atoms with Crippen molar-refractivity contribution >= 4 is 11.8 Å². The summed E-state index contributed by atoms with van der Waals surface area (Å²) in [6, 6.07) is 1.73. The Hall–Kier alpha value is -1.85. The van der Waals surface area contributed by atoms with Crippen LogP contribution in [0.5, 0.6) is 0 Å². The highest BCUT2D eigenvalue weighted by Crippen LogP contribution is 2.27. The maximum absolute atomic E-state index is 12.1. The molecule has 3 N–H and O–H groups in total. The number of piperidine rings is 1. The predicted molar refractivity (Wildman–Crippen MR) is 79.7 cm³/mol. The molecule has 21 heavy (non-hydrogen) atoms. The van der Waals surface area contributed by atoms with Gasteiger partial charge in [0.2, 0.25) is 5.91 Å². The number of amides is 2. The smallest absolute Gasteiger partial charge is 0.269 e. The summed E-state index contributed by atoms with van der Waals surface area (Å²) in [7, 11) is 0. The summed E-state index contributed by atoms with van der Waals surface area (Å²) in [5.74, 6) is 0.503. The minimum Gasteiger partial charge on any atom is -0.364 e. The first-order chi connectivity index (χ1) is 10.0. The summed E-state index contributed by atoms with van der Waals surface area (Å²) < 4.78 is 0. The van der Waals surface area contributed by atoms with Crippen LogP contribution in [0.1, 0.15) is 61.6 Å². The van der Waals surface area contributed by atoms with E-state index in [0.29, 0.717) is 18.3 Å². The molecule has 1 saturated heterocycles. The molecule has 1 aromatic heterocycles. The Morgan fingerprint density at radius 3 is 2.67 bits per heavy atom. The van der Waals surface area contributed by atoms with Gasteiger partial charge in [0, 0.05) is 31.1 Å². The molecule has 0 radical (unpaired) electrons. The van der Waals surface area contributed by atoms with Crippen LogP contribution < -0.4 is 5.73 Å². The lowest BCUT2D eigenvalue weighted by atomic mass is 9.92. The lowest BCUT2D eigenvalue weighted by Gasteiger charge is -2.32. The average molecular weight is 292 g/mol. The largest absolute Gasteiger partial charge is 0.364 e. The molecule has 6 nitrogen and oxygen atoms in total. The number of hydrogen-bond acceptors (Lipinski definition) is 3. The molecule has 2 heterocycles. The fourth-order valence-electron chi connectivity index (χ4n) is 2.68. The van der Waals surface area contributed by atoms with Gasteiger partial charge in [-0.15, -0.1) is 0 Å². The first kappa shape index (κ1) is 15.5. The third-order valence-electron chi connectivity index (χ3n) is 4.36. The molecule has 1 aliphatic rings. The van der Waals surface area contributed by atoms with E-state index in [2.05, 4.69) is 24.0 Å². The van der Waals surface area contributed by atoms with Gasteiger partial charge in [0.05, 0.1) is 0 Å². The Kier molecular flexibility index (Phi) is 4.98. The number of nitrogens with one attached hydrogen (secondary N) is 1. The first-order valence-electron chi connectivity index (χ1n) is 7.64. The second kappa shape index (κ2) is 6.74. The third-order valence-corrected chi connectivity index (χ3v) is 4.36. The van der Waals surface area contributed by atoms with Gasteiger partial charge in [0.25, 0.3) is 5.91 Å². The van der Waals surface area contributed by atoms with Crippen molar-refractivity contribution in [3.63, 3.8) is 0 Å². The molecular weight excluding hydrogens is 268 g/mol. The quantitative estimate of drug-likeness (QED) is 0.864. The second-order valence-corrected chi connectivity index (χ2v) is 5.95. The van der Waals surface area contributed by atoms with Crippen molar-refractivity contribution in [2.45, 2.75) is 45.4 Å². The fraction of sp³-hybridized carbons (Fsp3) is 0.667. The van der Waals surface area contributed by atoms with E-state index in [4.69, 9.17) is 5.73 Å². The van der Waals surface area contributed by atoms with Crippen LogP contribution in [0.2, 0.25) is 0 Å². The standard InChI is InChI=1S/C15H24N4O2/c1-3-10(2)8-14(20)19-6-4-11(5-7-19)12-9-13(15(16)21)18-17-12/h9-11H,3-8H2,1-2H3,(H2,16,21)(H,17,18). The number of primary amides is 1. The molecule has 1 fully saturated rings. The van der Waals surface area contributed by atoms with Gasteiger partial charge in [0.1, 0.15) is 5.69 Å². The molecule has 2 amide bonds. The number of aromatic amines is 1. The molecule has 0 aromatic carbocycles. The maximum atomic E-state index is 12.1. The molecule has 0 aliphatic carbocycles. The van der Waals surface area contributed by atoms with Crippen molar-refractivity contribution < 1.29 is 9.59 Å². The highest BCUT2D eigenvalue weighted by molar-refractivity contribution is 5.90. The number of nitrogens with zero attached hydrogens (tertiary/aromatic N) is 2. The molecule has 1 aliphatic heterocycles. The Balaban J connectivity index is 1.87. The number of H-pyrrole nitrogens is 1. The monoisotopic (exact) mass is 292 g/mol. The SMILES string of the molecule is CCC(C)CC(=O)N1CCC(c2cc(C(N)=O)n[nH]2)CC1. The van der Waals surface area contributed by atoms with E-state index in [9.17, 15) is 9.59 Å². The summed E-state index contributed by atoms with van der Waals surface area (Å²) in [6.07, 6.45) is 3.46. The summed E-state index contributed by atoms with van der Waals surface area (Å²) in [6.45, 7) is 5.76. The fourth-order valence-corrected chi connectivity index (χ4v) is 2.68. The van der Waals surface area contributed by atoms with Crippen molar-refractivity contribution in [2.24, 2.45) is 11.7 Å². The summed E-state index contributed by atoms with van der Waals surface area (Å²) >= 11 is 0. The Bertz CT molecular complexity index is 504. The lowest BCUT2D eigenvalue weighted by molar-refractivity contribution is -0.133. The minimum absolute atomic E-state index is 0.255. The zero-order chi connectivity index (χ0) is 15.4. The van der Waals surface area contributed by atoms with Gasteiger partial charge in [0.15, 0.2) is 0 Å². The predicted octanol–water partition coefficient (Wildman–Crippen LogP) is 1.65.